The van der Waals surface area contributed by atoms with Crippen molar-refractivity contribution in [3.63, 3.8) is 0 Å². The third-order valence-electron chi connectivity index (χ3n) is 4.12. The topological polar surface area (TPSA) is 15.3 Å². The summed E-state index contributed by atoms with van der Waals surface area (Å²) in [6.07, 6.45) is 2.68. The summed E-state index contributed by atoms with van der Waals surface area (Å²) in [6.45, 7) is 4.86. The third-order valence-corrected chi connectivity index (χ3v) is 4.37. The van der Waals surface area contributed by atoms with E-state index in [0.717, 1.165) is 17.5 Å². The molecule has 1 aromatic rings. The zero-order chi connectivity index (χ0) is 11.7. The Morgan fingerprint density at radius 2 is 1.94 bits per heavy atom. The van der Waals surface area contributed by atoms with Crippen LogP contribution in [0.2, 0.25) is 5.02 Å². The van der Waals surface area contributed by atoms with Gasteiger partial charge in [-0.25, -0.2) is 0 Å². The maximum absolute atomic E-state index is 5.89. The maximum Gasteiger partial charge on any atom is 0.0406 e. The van der Waals surface area contributed by atoms with E-state index in [2.05, 4.69) is 22.3 Å². The van der Waals surface area contributed by atoms with Crippen molar-refractivity contribution in [2.24, 2.45) is 5.92 Å². The van der Waals surface area contributed by atoms with Crippen LogP contribution in [0.15, 0.2) is 24.3 Å². The fraction of sp³-hybridized carbons (Fsp3) is 0.571. The van der Waals surface area contributed by atoms with E-state index >= 15 is 0 Å². The van der Waals surface area contributed by atoms with E-state index in [9.17, 15) is 0 Å². The minimum absolute atomic E-state index is 0.712. The van der Waals surface area contributed by atoms with Crippen LogP contribution >= 0.6 is 11.6 Å². The zero-order valence-corrected chi connectivity index (χ0v) is 10.8. The van der Waals surface area contributed by atoms with Gasteiger partial charge in [-0.1, -0.05) is 23.7 Å². The number of nitrogens with zero attached hydrogens (tertiary/aromatic N) is 1. The number of hydrogen-bond donors (Lipinski definition) is 1. The molecule has 2 aliphatic heterocycles. The van der Waals surface area contributed by atoms with Gasteiger partial charge in [-0.15, -0.1) is 0 Å². The number of fused-ring (bicyclic) bond motifs is 2. The second-order valence-corrected chi connectivity index (χ2v) is 5.69. The quantitative estimate of drug-likeness (QED) is 0.887. The van der Waals surface area contributed by atoms with Gasteiger partial charge in [0.25, 0.3) is 0 Å². The predicted molar refractivity (Wildman–Crippen MR) is 71.2 cm³/mol. The number of halogens is 1. The minimum atomic E-state index is 0.712. The molecule has 1 aromatic carbocycles. The van der Waals surface area contributed by atoms with Gasteiger partial charge in [0.15, 0.2) is 0 Å². The molecule has 2 saturated heterocycles. The fourth-order valence-corrected chi connectivity index (χ4v) is 3.20. The molecule has 0 spiro atoms. The van der Waals surface area contributed by atoms with Crippen LogP contribution in [-0.4, -0.2) is 30.6 Å². The van der Waals surface area contributed by atoms with E-state index in [-0.39, 0.29) is 0 Å². The Morgan fingerprint density at radius 1 is 1.18 bits per heavy atom. The van der Waals surface area contributed by atoms with Crippen LogP contribution in [0.1, 0.15) is 18.4 Å². The lowest BCUT2D eigenvalue weighted by molar-refractivity contribution is 0.220. The van der Waals surface area contributed by atoms with Gasteiger partial charge in [-0.05, 0) is 49.5 Å². The van der Waals surface area contributed by atoms with Crippen LogP contribution in [0, 0.1) is 5.92 Å². The predicted octanol–water partition coefficient (Wildman–Crippen LogP) is 2.52. The van der Waals surface area contributed by atoms with Gasteiger partial charge in [0.05, 0.1) is 0 Å². The first-order valence-electron chi connectivity index (χ1n) is 6.51. The van der Waals surface area contributed by atoms with E-state index in [4.69, 9.17) is 11.6 Å². The maximum atomic E-state index is 5.89. The van der Waals surface area contributed by atoms with Crippen molar-refractivity contribution >= 4 is 11.6 Å². The smallest absolute Gasteiger partial charge is 0.0406 e. The van der Waals surface area contributed by atoms with E-state index in [1.54, 1.807) is 0 Å². The van der Waals surface area contributed by atoms with Crippen LogP contribution < -0.4 is 5.32 Å². The standard InChI is InChI=1S/C14H19ClN2/c15-13-3-1-11(2-4-13)9-16-14-6-8-17-7-5-12(14)10-17/h1-4,12,14,16H,5-10H2. The van der Waals surface area contributed by atoms with E-state index in [0.29, 0.717) is 6.04 Å². The van der Waals surface area contributed by atoms with Crippen LogP contribution in [-0.2, 0) is 6.54 Å². The highest BCUT2D eigenvalue weighted by Crippen LogP contribution is 2.27. The summed E-state index contributed by atoms with van der Waals surface area (Å²) >= 11 is 5.89. The van der Waals surface area contributed by atoms with E-state index in [1.807, 2.05) is 12.1 Å². The Morgan fingerprint density at radius 3 is 2.76 bits per heavy atom. The van der Waals surface area contributed by atoms with Gasteiger partial charge >= 0.3 is 0 Å². The fourth-order valence-electron chi connectivity index (χ4n) is 3.07. The molecule has 0 aromatic heterocycles. The third kappa shape index (κ3) is 2.65. The second kappa shape index (κ2) is 4.97. The summed E-state index contributed by atoms with van der Waals surface area (Å²) in [5, 5.41) is 4.53. The Hall–Kier alpha value is -0.570. The number of nitrogens with one attached hydrogen (secondary N) is 1. The van der Waals surface area contributed by atoms with Crippen molar-refractivity contribution in [2.75, 3.05) is 19.6 Å². The molecule has 0 aliphatic carbocycles. The largest absolute Gasteiger partial charge is 0.310 e. The summed E-state index contributed by atoms with van der Waals surface area (Å²) in [7, 11) is 0. The molecule has 2 nitrogen and oxygen atoms in total. The Labute approximate surface area is 108 Å². The van der Waals surface area contributed by atoms with Crippen LogP contribution in [0.25, 0.3) is 0 Å². The Kier molecular flexibility index (Phi) is 3.37. The van der Waals surface area contributed by atoms with Crippen LogP contribution in [0.4, 0.5) is 0 Å². The molecule has 3 heteroatoms. The molecule has 17 heavy (non-hydrogen) atoms. The summed E-state index contributed by atoms with van der Waals surface area (Å²) in [4.78, 5) is 2.59. The molecule has 0 amide bonds. The molecule has 3 unspecified atom stereocenters. The van der Waals surface area contributed by atoms with Gasteiger partial charge in [0.2, 0.25) is 0 Å². The molecular weight excluding hydrogens is 232 g/mol. The van der Waals surface area contributed by atoms with E-state index in [1.165, 1.54) is 38.0 Å². The van der Waals surface area contributed by atoms with Gasteiger partial charge < -0.3 is 10.2 Å². The Balaban J connectivity index is 1.55. The first-order valence-corrected chi connectivity index (χ1v) is 6.89. The molecule has 1 N–H and O–H groups in total. The number of benzene rings is 1. The zero-order valence-electron chi connectivity index (χ0n) is 10.0. The van der Waals surface area contributed by atoms with Crippen molar-refractivity contribution in [1.82, 2.24) is 10.2 Å². The van der Waals surface area contributed by atoms with Gasteiger partial charge in [-0.2, -0.15) is 0 Å². The average molecular weight is 251 g/mol. The van der Waals surface area contributed by atoms with Gasteiger partial charge in [-0.3, -0.25) is 0 Å². The molecule has 2 heterocycles. The minimum Gasteiger partial charge on any atom is -0.310 e. The van der Waals surface area contributed by atoms with Crippen molar-refractivity contribution in [3.05, 3.63) is 34.9 Å². The second-order valence-electron chi connectivity index (χ2n) is 5.25. The van der Waals surface area contributed by atoms with E-state index < -0.39 is 0 Å². The SMILES string of the molecule is Clc1ccc(CNC2CCN3CCC2C3)cc1. The molecule has 0 saturated carbocycles. The number of rotatable bonds is 3. The summed E-state index contributed by atoms with van der Waals surface area (Å²) in [6, 6.07) is 8.87. The van der Waals surface area contributed by atoms with Gasteiger partial charge in [0.1, 0.15) is 0 Å². The first kappa shape index (κ1) is 11.5. The van der Waals surface area contributed by atoms with Crippen molar-refractivity contribution in [3.8, 4) is 0 Å². The number of piperidine rings is 1. The molecule has 3 atom stereocenters. The highest BCUT2D eigenvalue weighted by molar-refractivity contribution is 6.30. The highest BCUT2D eigenvalue weighted by Gasteiger charge is 2.33. The molecule has 92 valence electrons. The molecule has 2 bridgehead atoms. The van der Waals surface area contributed by atoms with Crippen molar-refractivity contribution < 1.29 is 0 Å². The Bertz CT molecular complexity index is 376. The van der Waals surface area contributed by atoms with Crippen molar-refractivity contribution in [2.45, 2.75) is 25.4 Å². The normalized spacial score (nSPS) is 31.7. The monoisotopic (exact) mass is 250 g/mol. The summed E-state index contributed by atoms with van der Waals surface area (Å²) in [5.74, 6) is 0.871. The number of hydrogen-bond acceptors (Lipinski definition) is 2. The van der Waals surface area contributed by atoms with Crippen molar-refractivity contribution in [1.29, 1.82) is 0 Å². The molecule has 3 rings (SSSR count). The lowest BCUT2D eigenvalue weighted by atomic mass is 9.94. The summed E-state index contributed by atoms with van der Waals surface area (Å²) < 4.78 is 0. The van der Waals surface area contributed by atoms with Crippen LogP contribution in [0.3, 0.4) is 0 Å². The lowest BCUT2D eigenvalue weighted by Gasteiger charge is -2.31. The highest BCUT2D eigenvalue weighted by atomic mass is 35.5. The summed E-state index contributed by atoms with van der Waals surface area (Å²) in [5.41, 5.74) is 1.33. The average Bonchev–Trinajstić information content (AvgIpc) is 2.73. The molecule has 2 fully saturated rings. The molecule has 0 radical (unpaired) electrons. The van der Waals surface area contributed by atoms with Gasteiger partial charge in [0, 0.05) is 24.2 Å². The molecule has 2 aliphatic rings. The molecular formula is C14H19ClN2. The van der Waals surface area contributed by atoms with Crippen LogP contribution in [0.5, 0.6) is 0 Å². The first-order chi connectivity index (χ1) is 8.31. The lowest BCUT2D eigenvalue weighted by Crippen LogP contribution is -2.43.